The third kappa shape index (κ3) is 17.8. The van der Waals surface area contributed by atoms with Gasteiger partial charge >= 0.3 is 23.9 Å². The molecule has 0 aliphatic carbocycles. The summed E-state index contributed by atoms with van der Waals surface area (Å²) >= 11 is 0. The molecule has 5 rings (SSSR count). The number of cyclic esters (lactones) is 1. The fourth-order valence-electron chi connectivity index (χ4n) is 8.75. The molecule has 1 saturated heterocycles. The maximum atomic E-state index is 14.3. The van der Waals surface area contributed by atoms with Gasteiger partial charge in [0.2, 0.25) is 47.6 Å². The number of nitrogens with one attached hydrogen (secondary N) is 8. The molecule has 408 valence electrons. The molecule has 0 radical (unpaired) electrons. The van der Waals surface area contributed by atoms with Crippen LogP contribution in [0.5, 0.6) is 0 Å². The summed E-state index contributed by atoms with van der Waals surface area (Å²) < 4.78 is 4.75. The van der Waals surface area contributed by atoms with Gasteiger partial charge in [-0.05, 0) is 47.4 Å². The van der Waals surface area contributed by atoms with Crippen molar-refractivity contribution >= 4 is 70.9 Å². The Hall–Kier alpha value is -7.55. The minimum atomic E-state index is -1.55. The zero-order valence-electron chi connectivity index (χ0n) is 41.7. The number of hydrogen-bond donors (Lipinski definition) is 12. The van der Waals surface area contributed by atoms with Crippen molar-refractivity contribution in [3.05, 3.63) is 64.7 Å². The smallest absolute Gasteiger partial charge is 0.317 e. The van der Waals surface area contributed by atoms with Crippen LogP contribution in [-0.4, -0.2) is 179 Å². The lowest BCUT2D eigenvalue weighted by atomic mass is 9.97. The van der Waals surface area contributed by atoms with E-state index in [4.69, 9.17) is 9.84 Å². The molecule has 7 atom stereocenters. The molecule has 0 bridgehead atoms. The van der Waals surface area contributed by atoms with Gasteiger partial charge in [-0.2, -0.15) is 0 Å². The van der Waals surface area contributed by atoms with Crippen LogP contribution in [0.25, 0.3) is 0 Å². The highest BCUT2D eigenvalue weighted by Crippen LogP contribution is 2.39. The van der Waals surface area contributed by atoms with Crippen LogP contribution in [0.3, 0.4) is 0 Å². The number of amides is 7. The number of carbonyl (C=O) groups is 11. The Balaban J connectivity index is 1.08. The van der Waals surface area contributed by atoms with Gasteiger partial charge in [0, 0.05) is 45.6 Å². The Morgan fingerprint density at radius 3 is 2.09 bits per heavy atom. The van der Waals surface area contributed by atoms with Gasteiger partial charge in [-0.3, -0.25) is 62.5 Å². The van der Waals surface area contributed by atoms with Crippen LogP contribution in [0.4, 0.5) is 5.69 Å². The summed E-state index contributed by atoms with van der Waals surface area (Å²) in [7, 11) is 0. The van der Waals surface area contributed by atoms with Gasteiger partial charge in [0.05, 0.1) is 44.7 Å². The number of hydrogen-bond acceptors (Lipinski definition) is 16. The number of carboxylic acids is 3. The third-order valence-corrected chi connectivity index (χ3v) is 12.9. The van der Waals surface area contributed by atoms with Crippen LogP contribution >= 0.6 is 0 Å². The summed E-state index contributed by atoms with van der Waals surface area (Å²) in [5, 5.41) is 58.5. The lowest BCUT2D eigenvalue weighted by Crippen LogP contribution is -2.59. The Morgan fingerprint density at radius 1 is 0.760 bits per heavy atom. The fraction of sp³-hybridized carbons (Fsp3) is 0.531. The molecule has 1 fully saturated rings. The number of aryl methyl sites for hydroxylation is 1. The van der Waals surface area contributed by atoms with Crippen molar-refractivity contribution in [2.45, 2.75) is 108 Å². The molecule has 26 nitrogen and oxygen atoms in total. The van der Waals surface area contributed by atoms with E-state index in [1.165, 1.54) is 4.90 Å². The molecule has 0 aromatic heterocycles. The number of rotatable bonds is 30. The zero-order valence-corrected chi connectivity index (χ0v) is 41.7. The first kappa shape index (κ1) is 58.3. The number of benzene rings is 2. The first-order chi connectivity index (χ1) is 35.7. The Labute approximate surface area is 431 Å². The first-order valence-electron chi connectivity index (χ1n) is 24.6. The van der Waals surface area contributed by atoms with E-state index in [0.29, 0.717) is 56.8 Å². The molecule has 3 aliphatic heterocycles. The maximum absolute atomic E-state index is 14.3. The highest BCUT2D eigenvalue weighted by Gasteiger charge is 2.46. The number of carbonyl (C=O) groups excluding carboxylic acids is 8. The van der Waals surface area contributed by atoms with Crippen LogP contribution in [0.15, 0.2) is 42.5 Å². The van der Waals surface area contributed by atoms with Gasteiger partial charge in [0.25, 0.3) is 0 Å². The summed E-state index contributed by atoms with van der Waals surface area (Å²) in [5.74, 6) is -9.36. The largest absolute Gasteiger partial charge is 0.481 e. The molecule has 26 heteroatoms. The molecule has 3 heterocycles. The van der Waals surface area contributed by atoms with Crippen molar-refractivity contribution in [2.75, 3.05) is 57.3 Å². The molecule has 7 amide bonds. The average molecular weight is 1050 g/mol. The Bertz CT molecular complexity index is 2440. The standard InChI is InChI=1S/C49H66N10O16/c1-3-27(2)43(47(72)55-33-12-11-30-5-4-6-31-20-35(59(44(30)31)48(33)73)46(71)56-34-21-42(69)75-49(34)74)57-38(62)24-52-37(61)23-53-45(70)32(13-14-39(63)64)54-36(60)19-28-7-9-29(10-8-28)22-50-15-17-58(26-41(67)68)18-16-51-25-40(65)66/h4-10,27,32-35,43,49-51,74H,3,11-26H2,1-2H3,(H,52,61)(H,53,70)(H,54,60)(H,55,72)(H,56,71)(H,57,62)(H,63,64)(H,65,66)(H,67,68)/t27-,32-,33-,34-,35-,43-,49-/m0/s1. The third-order valence-electron chi connectivity index (χ3n) is 12.9. The van der Waals surface area contributed by atoms with Crippen molar-refractivity contribution in [3.63, 3.8) is 0 Å². The number of ether oxygens (including phenoxy) is 1. The lowest BCUT2D eigenvalue weighted by molar-refractivity contribution is -0.155. The summed E-state index contributed by atoms with van der Waals surface area (Å²) in [6, 6.07) is 6.63. The predicted molar refractivity (Wildman–Crippen MR) is 263 cm³/mol. The molecule has 3 aliphatic rings. The lowest BCUT2D eigenvalue weighted by Gasteiger charge is -2.30. The normalized spacial score (nSPS) is 18.9. The van der Waals surface area contributed by atoms with Crippen molar-refractivity contribution in [3.8, 4) is 0 Å². The molecule has 0 spiro atoms. The quantitative estimate of drug-likeness (QED) is 0.0268. The Kier molecular flexibility index (Phi) is 21.9. The monoisotopic (exact) mass is 1050 g/mol. The molecule has 12 N–H and O–H groups in total. The molecular formula is C49H66N10O16. The van der Waals surface area contributed by atoms with Gasteiger partial charge in [-0.25, -0.2) is 0 Å². The van der Waals surface area contributed by atoms with Crippen molar-refractivity contribution in [1.82, 2.24) is 47.4 Å². The van der Waals surface area contributed by atoms with Gasteiger partial charge < -0.3 is 67.7 Å². The molecule has 2 aromatic rings. The molecular weight excluding hydrogens is 985 g/mol. The summed E-state index contributed by atoms with van der Waals surface area (Å²) in [5.41, 5.74) is 3.48. The first-order valence-corrected chi connectivity index (χ1v) is 24.6. The minimum Gasteiger partial charge on any atom is -0.481 e. The van der Waals surface area contributed by atoms with Crippen LogP contribution in [0, 0.1) is 5.92 Å². The SMILES string of the molecule is CC[C@H](C)[C@H](NC(=O)CNC(=O)CNC(=O)[C@H](CCC(=O)O)NC(=O)Cc1ccc(CNCCN(CCNCC(=O)O)CC(=O)O)cc1)C(=O)N[C@H]1CCc2cccc3c2N(C1=O)[C@H](C(=O)N[C@H]1CC(=O)O[C@@H]1O)C3. The highest BCUT2D eigenvalue weighted by atomic mass is 16.6. The molecule has 0 unspecified atom stereocenters. The van der Waals surface area contributed by atoms with E-state index in [1.807, 2.05) is 6.07 Å². The maximum Gasteiger partial charge on any atom is 0.317 e. The second-order valence-electron chi connectivity index (χ2n) is 18.5. The van der Waals surface area contributed by atoms with Crippen molar-refractivity contribution in [1.29, 1.82) is 0 Å². The fourth-order valence-corrected chi connectivity index (χ4v) is 8.75. The van der Waals surface area contributed by atoms with Crippen molar-refractivity contribution in [2.24, 2.45) is 5.92 Å². The van der Waals surface area contributed by atoms with E-state index in [9.17, 15) is 68.1 Å². The van der Waals surface area contributed by atoms with Gasteiger partial charge in [0.15, 0.2) is 0 Å². The highest BCUT2D eigenvalue weighted by molar-refractivity contribution is 6.08. The number of aliphatic carboxylic acids is 3. The average Bonchev–Trinajstić information content (AvgIpc) is 3.87. The number of aliphatic hydroxyl groups excluding tert-OH is 1. The predicted octanol–water partition coefficient (Wildman–Crippen LogP) is -3.37. The number of para-hydroxylation sites is 1. The molecule has 75 heavy (non-hydrogen) atoms. The second kappa shape index (κ2) is 28.2. The molecule has 2 aromatic carbocycles. The van der Waals surface area contributed by atoms with Crippen LogP contribution in [0.2, 0.25) is 0 Å². The zero-order chi connectivity index (χ0) is 54.8. The number of esters is 1. The second-order valence-corrected chi connectivity index (χ2v) is 18.5. The number of aliphatic hydroxyl groups is 1. The van der Waals surface area contributed by atoms with E-state index in [0.717, 1.165) is 16.7 Å². The van der Waals surface area contributed by atoms with E-state index >= 15 is 0 Å². The number of carboxylic acid groups (broad SMARTS) is 3. The minimum absolute atomic E-state index is 0.143. The van der Waals surface area contributed by atoms with Crippen LogP contribution in [-0.2, 0) is 83.3 Å². The van der Waals surface area contributed by atoms with Gasteiger partial charge in [-0.1, -0.05) is 62.7 Å². The summed E-state index contributed by atoms with van der Waals surface area (Å²) in [4.78, 5) is 142. The van der Waals surface area contributed by atoms with E-state index in [-0.39, 0.29) is 45.2 Å². The molecule has 0 saturated carbocycles. The Morgan fingerprint density at radius 2 is 1.44 bits per heavy atom. The van der Waals surface area contributed by atoms with E-state index in [1.54, 1.807) is 55.1 Å². The van der Waals surface area contributed by atoms with Gasteiger partial charge in [0.1, 0.15) is 30.2 Å². The summed E-state index contributed by atoms with van der Waals surface area (Å²) in [6.07, 6.45) is -1.68. The van der Waals surface area contributed by atoms with Gasteiger partial charge in [-0.15, -0.1) is 0 Å². The topological polar surface area (TPSA) is 381 Å². The van der Waals surface area contributed by atoms with E-state index in [2.05, 4.69) is 42.5 Å². The van der Waals surface area contributed by atoms with Crippen LogP contribution < -0.4 is 47.4 Å². The van der Waals surface area contributed by atoms with Crippen molar-refractivity contribution < 1.29 is 77.9 Å². The summed E-state index contributed by atoms with van der Waals surface area (Å²) in [6.45, 7) is 3.62. The number of anilines is 1. The van der Waals surface area contributed by atoms with E-state index < -0.39 is 127 Å². The number of nitrogens with zero attached hydrogens (tertiary/aromatic N) is 2. The van der Waals surface area contributed by atoms with Crippen LogP contribution in [0.1, 0.15) is 68.2 Å².